The molecule has 0 bridgehead atoms. The summed E-state index contributed by atoms with van der Waals surface area (Å²) in [4.78, 5) is 11.9. The zero-order chi connectivity index (χ0) is 13.3. The van der Waals surface area contributed by atoms with Gasteiger partial charge in [0.05, 0.1) is 5.57 Å². The van der Waals surface area contributed by atoms with Gasteiger partial charge in [0.1, 0.15) is 18.0 Å². The van der Waals surface area contributed by atoms with Crippen LogP contribution >= 0.6 is 15.9 Å². The van der Waals surface area contributed by atoms with E-state index in [1.165, 1.54) is 0 Å². The second kappa shape index (κ2) is 4.76. The SMILES string of the molecule is CC(C)(C)OC(=O)C1=Cc2cc(Br)ccc2OC1. The third-order valence-corrected chi connectivity index (χ3v) is 2.84. The molecule has 1 aromatic rings. The van der Waals surface area contributed by atoms with Crippen LogP contribution in [0.3, 0.4) is 0 Å². The van der Waals surface area contributed by atoms with Crippen molar-refractivity contribution in [2.24, 2.45) is 0 Å². The third-order valence-electron chi connectivity index (χ3n) is 2.35. The van der Waals surface area contributed by atoms with E-state index in [9.17, 15) is 4.79 Å². The van der Waals surface area contributed by atoms with Gasteiger partial charge >= 0.3 is 5.97 Å². The van der Waals surface area contributed by atoms with Crippen molar-refractivity contribution in [3.05, 3.63) is 33.8 Å². The van der Waals surface area contributed by atoms with Crippen molar-refractivity contribution in [1.82, 2.24) is 0 Å². The van der Waals surface area contributed by atoms with Gasteiger partial charge in [0.2, 0.25) is 0 Å². The van der Waals surface area contributed by atoms with Crippen molar-refractivity contribution in [1.29, 1.82) is 0 Å². The van der Waals surface area contributed by atoms with Crippen molar-refractivity contribution < 1.29 is 14.3 Å². The molecule has 1 aliphatic heterocycles. The summed E-state index contributed by atoms with van der Waals surface area (Å²) in [6, 6.07) is 5.70. The van der Waals surface area contributed by atoms with Gasteiger partial charge in [0.25, 0.3) is 0 Å². The fraction of sp³-hybridized carbons (Fsp3) is 0.357. The Labute approximate surface area is 115 Å². The number of benzene rings is 1. The van der Waals surface area contributed by atoms with E-state index in [1.807, 2.05) is 45.0 Å². The summed E-state index contributed by atoms with van der Waals surface area (Å²) in [5, 5.41) is 0. The van der Waals surface area contributed by atoms with Gasteiger partial charge in [0.15, 0.2) is 0 Å². The second-order valence-electron chi connectivity index (χ2n) is 5.14. The molecule has 0 N–H and O–H groups in total. The Kier molecular flexibility index (Phi) is 3.48. The lowest BCUT2D eigenvalue weighted by Crippen LogP contribution is -2.27. The average molecular weight is 311 g/mol. The lowest BCUT2D eigenvalue weighted by molar-refractivity contribution is -0.150. The first-order chi connectivity index (χ1) is 8.35. The summed E-state index contributed by atoms with van der Waals surface area (Å²) in [6.45, 7) is 5.79. The van der Waals surface area contributed by atoms with Crippen LogP contribution in [-0.4, -0.2) is 18.2 Å². The van der Waals surface area contributed by atoms with Crippen molar-refractivity contribution in [2.75, 3.05) is 6.61 Å². The van der Waals surface area contributed by atoms with Gasteiger partial charge in [-0.1, -0.05) is 15.9 Å². The van der Waals surface area contributed by atoms with E-state index in [2.05, 4.69) is 15.9 Å². The standard InChI is InChI=1S/C14H15BrO3/c1-14(2,3)18-13(16)10-6-9-7-11(15)4-5-12(9)17-8-10/h4-7H,8H2,1-3H3. The van der Waals surface area contributed by atoms with E-state index in [1.54, 1.807) is 0 Å². The number of hydrogen-bond donors (Lipinski definition) is 0. The number of carbonyl (C=O) groups excluding carboxylic acids is 1. The molecular formula is C14H15BrO3. The van der Waals surface area contributed by atoms with Gasteiger partial charge in [-0.25, -0.2) is 4.79 Å². The zero-order valence-corrected chi connectivity index (χ0v) is 12.2. The van der Waals surface area contributed by atoms with E-state index in [4.69, 9.17) is 9.47 Å². The van der Waals surface area contributed by atoms with E-state index in [0.717, 1.165) is 15.8 Å². The molecule has 4 heteroatoms. The predicted molar refractivity (Wildman–Crippen MR) is 73.5 cm³/mol. The molecule has 1 heterocycles. The number of hydrogen-bond acceptors (Lipinski definition) is 3. The van der Waals surface area contributed by atoms with Gasteiger partial charge in [-0.15, -0.1) is 0 Å². The number of carbonyl (C=O) groups is 1. The zero-order valence-electron chi connectivity index (χ0n) is 10.6. The molecule has 0 aromatic heterocycles. The molecular weight excluding hydrogens is 296 g/mol. The summed E-state index contributed by atoms with van der Waals surface area (Å²) in [7, 11) is 0. The largest absolute Gasteiger partial charge is 0.488 e. The molecule has 0 saturated carbocycles. The van der Waals surface area contributed by atoms with Crippen LogP contribution in [0.5, 0.6) is 5.75 Å². The molecule has 0 aliphatic carbocycles. The Morgan fingerprint density at radius 1 is 1.39 bits per heavy atom. The summed E-state index contributed by atoms with van der Waals surface area (Å²) in [5.41, 5.74) is 0.933. The normalized spacial score (nSPS) is 14.3. The molecule has 18 heavy (non-hydrogen) atoms. The van der Waals surface area contributed by atoms with Gasteiger partial charge in [-0.3, -0.25) is 0 Å². The molecule has 0 amide bonds. The summed E-state index contributed by atoms with van der Waals surface area (Å²) < 4.78 is 11.8. The smallest absolute Gasteiger partial charge is 0.338 e. The van der Waals surface area contributed by atoms with Crippen LogP contribution in [-0.2, 0) is 9.53 Å². The topological polar surface area (TPSA) is 35.5 Å². The van der Waals surface area contributed by atoms with Gasteiger partial charge in [0, 0.05) is 10.0 Å². The molecule has 0 fully saturated rings. The number of rotatable bonds is 1. The van der Waals surface area contributed by atoms with Crippen molar-refractivity contribution in [2.45, 2.75) is 26.4 Å². The molecule has 1 aliphatic rings. The van der Waals surface area contributed by atoms with Gasteiger partial charge in [-0.2, -0.15) is 0 Å². The highest BCUT2D eigenvalue weighted by Crippen LogP contribution is 2.29. The second-order valence-corrected chi connectivity index (χ2v) is 6.06. The van der Waals surface area contributed by atoms with Gasteiger partial charge in [-0.05, 0) is 45.0 Å². The molecule has 0 radical (unpaired) electrons. The molecule has 0 spiro atoms. The van der Waals surface area contributed by atoms with E-state index >= 15 is 0 Å². The highest BCUT2D eigenvalue weighted by molar-refractivity contribution is 9.10. The van der Waals surface area contributed by atoms with E-state index in [-0.39, 0.29) is 12.6 Å². The minimum Gasteiger partial charge on any atom is -0.488 e. The molecule has 0 saturated heterocycles. The maximum absolute atomic E-state index is 11.9. The van der Waals surface area contributed by atoms with Crippen LogP contribution in [0.4, 0.5) is 0 Å². The number of fused-ring (bicyclic) bond motifs is 1. The van der Waals surface area contributed by atoms with Crippen LogP contribution in [0, 0.1) is 0 Å². The fourth-order valence-electron chi connectivity index (χ4n) is 1.61. The minimum absolute atomic E-state index is 0.254. The highest BCUT2D eigenvalue weighted by Gasteiger charge is 2.23. The Morgan fingerprint density at radius 2 is 2.11 bits per heavy atom. The van der Waals surface area contributed by atoms with Crippen LogP contribution in [0.2, 0.25) is 0 Å². The number of ether oxygens (including phenoxy) is 2. The Balaban J connectivity index is 2.24. The van der Waals surface area contributed by atoms with E-state index < -0.39 is 5.60 Å². The number of esters is 1. The first-order valence-corrected chi connectivity index (χ1v) is 6.51. The Hall–Kier alpha value is -1.29. The minimum atomic E-state index is -0.491. The predicted octanol–water partition coefficient (Wildman–Crippen LogP) is 3.57. The quantitative estimate of drug-likeness (QED) is 0.744. The monoisotopic (exact) mass is 310 g/mol. The average Bonchev–Trinajstić information content (AvgIpc) is 2.25. The van der Waals surface area contributed by atoms with Crippen molar-refractivity contribution >= 4 is 28.0 Å². The van der Waals surface area contributed by atoms with E-state index in [0.29, 0.717) is 5.57 Å². The Morgan fingerprint density at radius 3 is 2.78 bits per heavy atom. The summed E-state index contributed by atoms with van der Waals surface area (Å²) >= 11 is 3.40. The highest BCUT2D eigenvalue weighted by atomic mass is 79.9. The maximum atomic E-state index is 11.9. The molecule has 0 unspecified atom stereocenters. The van der Waals surface area contributed by atoms with Crippen LogP contribution in [0.1, 0.15) is 26.3 Å². The van der Waals surface area contributed by atoms with Crippen molar-refractivity contribution in [3.63, 3.8) is 0 Å². The number of halogens is 1. The molecule has 1 aromatic carbocycles. The lowest BCUT2D eigenvalue weighted by atomic mass is 10.1. The van der Waals surface area contributed by atoms with Crippen LogP contribution in [0.25, 0.3) is 6.08 Å². The third kappa shape index (κ3) is 3.13. The first-order valence-electron chi connectivity index (χ1n) is 5.71. The van der Waals surface area contributed by atoms with Crippen molar-refractivity contribution in [3.8, 4) is 5.75 Å². The fourth-order valence-corrected chi connectivity index (χ4v) is 1.99. The Bertz CT molecular complexity index is 512. The molecule has 0 atom stereocenters. The lowest BCUT2D eigenvalue weighted by Gasteiger charge is -2.22. The first kappa shape index (κ1) is 13.1. The van der Waals surface area contributed by atoms with Crippen LogP contribution in [0.15, 0.2) is 28.2 Å². The molecule has 3 nitrogen and oxygen atoms in total. The maximum Gasteiger partial charge on any atom is 0.338 e. The molecule has 96 valence electrons. The van der Waals surface area contributed by atoms with Gasteiger partial charge < -0.3 is 9.47 Å². The summed E-state index contributed by atoms with van der Waals surface area (Å²) in [5.74, 6) is 0.457. The summed E-state index contributed by atoms with van der Waals surface area (Å²) in [6.07, 6.45) is 1.82. The van der Waals surface area contributed by atoms with Crippen LogP contribution < -0.4 is 4.74 Å². The molecule has 2 rings (SSSR count).